The van der Waals surface area contributed by atoms with Gasteiger partial charge in [-0.15, -0.1) is 0 Å². The molecule has 1 unspecified atom stereocenters. The fraction of sp³-hybridized carbons (Fsp3) is 0.600. The summed E-state index contributed by atoms with van der Waals surface area (Å²) in [4.78, 5) is 26.5. The zero-order valence-electron chi connectivity index (χ0n) is 11.7. The maximum Gasteiger partial charge on any atom is 0.249 e. The van der Waals surface area contributed by atoms with E-state index in [1.54, 1.807) is 16.2 Å². The van der Waals surface area contributed by atoms with Crippen molar-refractivity contribution in [3.05, 3.63) is 22.4 Å². The zero-order chi connectivity index (χ0) is 14.2. The highest BCUT2D eigenvalue weighted by Gasteiger charge is 2.49. The molecule has 1 atom stereocenters. The Labute approximate surface area is 123 Å². The van der Waals surface area contributed by atoms with Crippen LogP contribution in [0.5, 0.6) is 0 Å². The Morgan fingerprint density at radius 2 is 2.15 bits per heavy atom. The first-order valence-corrected chi connectivity index (χ1v) is 8.18. The average molecular weight is 292 g/mol. The molecule has 3 rings (SSSR count). The highest BCUT2D eigenvalue weighted by molar-refractivity contribution is 7.07. The normalized spacial score (nSPS) is 23.1. The van der Waals surface area contributed by atoms with Crippen molar-refractivity contribution in [2.45, 2.75) is 50.6 Å². The number of rotatable bonds is 3. The van der Waals surface area contributed by atoms with Gasteiger partial charge in [-0.2, -0.15) is 11.3 Å². The Kier molecular flexibility index (Phi) is 3.54. The predicted molar refractivity (Wildman–Crippen MR) is 78.5 cm³/mol. The summed E-state index contributed by atoms with van der Waals surface area (Å²) in [5.74, 6) is 0.112. The number of amides is 2. The summed E-state index contributed by atoms with van der Waals surface area (Å²) in [6.07, 6.45) is 4.45. The van der Waals surface area contributed by atoms with Gasteiger partial charge in [-0.3, -0.25) is 9.59 Å². The summed E-state index contributed by atoms with van der Waals surface area (Å²) in [5.41, 5.74) is 0.639. The number of piperazine rings is 1. The third-order valence-corrected chi connectivity index (χ3v) is 5.20. The Morgan fingerprint density at radius 3 is 2.80 bits per heavy atom. The van der Waals surface area contributed by atoms with E-state index >= 15 is 0 Å². The molecule has 1 aliphatic heterocycles. The van der Waals surface area contributed by atoms with Crippen LogP contribution in [0.3, 0.4) is 0 Å². The second kappa shape index (κ2) is 5.20. The van der Waals surface area contributed by atoms with Crippen molar-refractivity contribution in [3.63, 3.8) is 0 Å². The molecule has 1 saturated heterocycles. The van der Waals surface area contributed by atoms with Crippen molar-refractivity contribution < 1.29 is 9.59 Å². The molecule has 2 amide bonds. The van der Waals surface area contributed by atoms with Crippen molar-refractivity contribution in [2.75, 3.05) is 6.54 Å². The van der Waals surface area contributed by atoms with Crippen LogP contribution in [0.25, 0.3) is 0 Å². The van der Waals surface area contributed by atoms with E-state index in [0.29, 0.717) is 0 Å². The molecule has 0 bridgehead atoms. The quantitative estimate of drug-likeness (QED) is 0.925. The molecule has 2 fully saturated rings. The van der Waals surface area contributed by atoms with Crippen LogP contribution in [0.2, 0.25) is 0 Å². The molecule has 0 radical (unpaired) electrons. The standard InChI is InChI=1S/C15H20N2O2S/c1-11(8-12-4-7-20-10-12)17-9-13(18)16-15(14(17)19)5-2-3-6-15/h4,7,10-11H,2-3,5-6,8-9H2,1H3,(H,16,18). The monoisotopic (exact) mass is 292 g/mol. The molecular formula is C15H20N2O2S. The third kappa shape index (κ3) is 2.35. The molecule has 4 nitrogen and oxygen atoms in total. The van der Waals surface area contributed by atoms with Crippen molar-refractivity contribution >= 4 is 23.2 Å². The summed E-state index contributed by atoms with van der Waals surface area (Å²) in [5, 5.41) is 7.11. The lowest BCUT2D eigenvalue weighted by molar-refractivity contribution is -0.151. The van der Waals surface area contributed by atoms with Crippen LogP contribution in [0.4, 0.5) is 0 Å². The molecule has 0 aromatic carbocycles. The van der Waals surface area contributed by atoms with Crippen molar-refractivity contribution in [2.24, 2.45) is 0 Å². The fourth-order valence-electron chi connectivity index (χ4n) is 3.39. The van der Waals surface area contributed by atoms with Gasteiger partial charge in [0.25, 0.3) is 0 Å². The molecule has 1 saturated carbocycles. The average Bonchev–Trinajstić information content (AvgIpc) is 3.06. The summed E-state index contributed by atoms with van der Waals surface area (Å²) in [6, 6.07) is 2.15. The summed E-state index contributed by atoms with van der Waals surface area (Å²) < 4.78 is 0. The molecule has 1 aliphatic carbocycles. The third-order valence-electron chi connectivity index (χ3n) is 4.46. The largest absolute Gasteiger partial charge is 0.340 e. The van der Waals surface area contributed by atoms with Gasteiger partial charge in [-0.25, -0.2) is 0 Å². The van der Waals surface area contributed by atoms with Crippen molar-refractivity contribution in [1.29, 1.82) is 0 Å². The maximum absolute atomic E-state index is 12.8. The minimum atomic E-state index is -0.599. The number of hydrogen-bond donors (Lipinski definition) is 1. The molecular weight excluding hydrogens is 272 g/mol. The van der Waals surface area contributed by atoms with E-state index in [4.69, 9.17) is 0 Å². The van der Waals surface area contributed by atoms with Crippen LogP contribution >= 0.6 is 11.3 Å². The second-order valence-electron chi connectivity index (χ2n) is 5.96. The van der Waals surface area contributed by atoms with Crippen LogP contribution < -0.4 is 5.32 Å². The van der Waals surface area contributed by atoms with Gasteiger partial charge in [0.15, 0.2) is 0 Å². The van der Waals surface area contributed by atoms with Gasteiger partial charge in [-0.1, -0.05) is 12.8 Å². The summed E-state index contributed by atoms with van der Waals surface area (Å²) in [6.45, 7) is 2.24. The fourth-order valence-corrected chi connectivity index (χ4v) is 4.08. The van der Waals surface area contributed by atoms with Crippen molar-refractivity contribution in [1.82, 2.24) is 10.2 Å². The first kappa shape index (κ1) is 13.6. The molecule has 108 valence electrons. The highest BCUT2D eigenvalue weighted by Crippen LogP contribution is 2.34. The molecule has 1 N–H and O–H groups in total. The molecule has 5 heteroatoms. The lowest BCUT2D eigenvalue weighted by Gasteiger charge is -2.42. The molecule has 1 spiro atoms. The van der Waals surface area contributed by atoms with E-state index < -0.39 is 5.54 Å². The SMILES string of the molecule is CC(Cc1ccsc1)N1CC(=O)NC2(CCCC2)C1=O. The Balaban J connectivity index is 1.77. The first-order chi connectivity index (χ1) is 9.61. The van der Waals surface area contributed by atoms with Crippen LogP contribution in [-0.4, -0.2) is 34.8 Å². The molecule has 2 aliphatic rings. The Morgan fingerprint density at radius 1 is 1.40 bits per heavy atom. The lowest BCUT2D eigenvalue weighted by atomic mass is 9.91. The zero-order valence-corrected chi connectivity index (χ0v) is 12.5. The number of carbonyl (C=O) groups is 2. The van der Waals surface area contributed by atoms with E-state index in [2.05, 4.69) is 16.8 Å². The number of nitrogens with zero attached hydrogens (tertiary/aromatic N) is 1. The Hall–Kier alpha value is -1.36. The van der Waals surface area contributed by atoms with Gasteiger partial charge in [0.05, 0.1) is 6.54 Å². The minimum Gasteiger partial charge on any atom is -0.340 e. The van der Waals surface area contributed by atoms with Crippen LogP contribution in [0, 0.1) is 0 Å². The van der Waals surface area contributed by atoms with E-state index in [9.17, 15) is 9.59 Å². The van der Waals surface area contributed by atoms with Gasteiger partial charge < -0.3 is 10.2 Å². The molecule has 20 heavy (non-hydrogen) atoms. The van der Waals surface area contributed by atoms with Crippen LogP contribution in [0.15, 0.2) is 16.8 Å². The van der Waals surface area contributed by atoms with Gasteiger partial charge in [-0.05, 0) is 48.6 Å². The van der Waals surface area contributed by atoms with E-state index in [1.807, 2.05) is 12.3 Å². The van der Waals surface area contributed by atoms with Gasteiger partial charge in [0.1, 0.15) is 5.54 Å². The topological polar surface area (TPSA) is 49.4 Å². The molecule has 1 aromatic heterocycles. The summed E-state index contributed by atoms with van der Waals surface area (Å²) in [7, 11) is 0. The van der Waals surface area contributed by atoms with E-state index in [0.717, 1.165) is 32.1 Å². The van der Waals surface area contributed by atoms with Gasteiger partial charge in [0, 0.05) is 6.04 Å². The minimum absolute atomic E-state index is 0.0105. The maximum atomic E-state index is 12.8. The smallest absolute Gasteiger partial charge is 0.249 e. The van der Waals surface area contributed by atoms with Crippen LogP contribution in [0.1, 0.15) is 38.2 Å². The number of nitrogens with one attached hydrogen (secondary N) is 1. The first-order valence-electron chi connectivity index (χ1n) is 7.24. The predicted octanol–water partition coefficient (Wildman–Crippen LogP) is 1.95. The Bertz CT molecular complexity index is 506. The number of hydrogen-bond acceptors (Lipinski definition) is 3. The second-order valence-corrected chi connectivity index (χ2v) is 6.74. The number of thiophene rings is 1. The molecule has 1 aromatic rings. The highest BCUT2D eigenvalue weighted by atomic mass is 32.1. The van der Waals surface area contributed by atoms with Crippen molar-refractivity contribution in [3.8, 4) is 0 Å². The lowest BCUT2D eigenvalue weighted by Crippen LogP contribution is -2.67. The van der Waals surface area contributed by atoms with Crippen LogP contribution in [-0.2, 0) is 16.0 Å². The van der Waals surface area contributed by atoms with Gasteiger partial charge >= 0.3 is 0 Å². The van der Waals surface area contributed by atoms with E-state index in [1.165, 1.54) is 5.56 Å². The number of carbonyl (C=O) groups excluding carboxylic acids is 2. The molecule has 2 heterocycles. The van der Waals surface area contributed by atoms with Gasteiger partial charge in [0.2, 0.25) is 11.8 Å². The van der Waals surface area contributed by atoms with E-state index in [-0.39, 0.29) is 24.4 Å². The summed E-state index contributed by atoms with van der Waals surface area (Å²) >= 11 is 1.67.